The Morgan fingerprint density at radius 3 is 1.86 bits per heavy atom. The van der Waals surface area contributed by atoms with E-state index < -0.39 is 0 Å². The fourth-order valence-electron chi connectivity index (χ4n) is 7.17. The van der Waals surface area contributed by atoms with Crippen LogP contribution in [-0.4, -0.2) is 23.9 Å². The highest BCUT2D eigenvalue weighted by atomic mass is 15.3. The quantitative estimate of drug-likeness (QED) is 0.607. The smallest absolute Gasteiger partial charge is 0.192 e. The number of fused-ring (bicyclic) bond motifs is 3. The van der Waals surface area contributed by atoms with Gasteiger partial charge in [0, 0.05) is 13.1 Å². The molecule has 2 aromatic rings. The summed E-state index contributed by atoms with van der Waals surface area (Å²) in [7, 11) is 2.19. The predicted molar refractivity (Wildman–Crippen MR) is 114 cm³/mol. The summed E-state index contributed by atoms with van der Waals surface area (Å²) in [5, 5.41) is 0. The Bertz CT molecular complexity index is 873. The number of hydrogen-bond donors (Lipinski definition) is 1. The number of guanidine groups is 1. The Morgan fingerprint density at radius 2 is 1.32 bits per heavy atom. The van der Waals surface area contributed by atoms with Crippen LogP contribution in [0.25, 0.3) is 11.1 Å². The molecule has 0 spiro atoms. The molecular formula is C25H29N3. The van der Waals surface area contributed by atoms with Crippen molar-refractivity contribution < 1.29 is 0 Å². The van der Waals surface area contributed by atoms with Crippen LogP contribution < -0.4 is 5.73 Å². The molecule has 3 heteroatoms. The summed E-state index contributed by atoms with van der Waals surface area (Å²) in [5.41, 5.74) is 11.8. The molecule has 0 unspecified atom stereocenters. The van der Waals surface area contributed by atoms with Gasteiger partial charge < -0.3 is 10.6 Å². The molecule has 144 valence electrons. The molecule has 28 heavy (non-hydrogen) atoms. The summed E-state index contributed by atoms with van der Waals surface area (Å²) >= 11 is 0. The Balaban J connectivity index is 1.34. The minimum Gasteiger partial charge on any atom is -0.370 e. The third-order valence-corrected chi connectivity index (χ3v) is 8.05. The maximum absolute atomic E-state index is 6.67. The summed E-state index contributed by atoms with van der Waals surface area (Å²) in [4.78, 5) is 7.46. The van der Waals surface area contributed by atoms with Crippen molar-refractivity contribution in [2.45, 2.75) is 44.2 Å². The minimum atomic E-state index is 0.0201. The van der Waals surface area contributed by atoms with E-state index in [1.165, 1.54) is 54.4 Å². The number of nitrogens with two attached hydrogens (primary N) is 1. The molecule has 3 nitrogen and oxygen atoms in total. The number of hydrogen-bond acceptors (Lipinski definition) is 1. The molecular weight excluding hydrogens is 342 g/mol. The topological polar surface area (TPSA) is 41.6 Å². The van der Waals surface area contributed by atoms with E-state index in [9.17, 15) is 0 Å². The van der Waals surface area contributed by atoms with Crippen LogP contribution in [0.15, 0.2) is 53.5 Å². The van der Waals surface area contributed by atoms with Crippen molar-refractivity contribution >= 4 is 5.96 Å². The maximum Gasteiger partial charge on any atom is 0.192 e. The molecule has 5 aliphatic rings. The molecule has 2 aromatic carbocycles. The van der Waals surface area contributed by atoms with Gasteiger partial charge in [-0.1, -0.05) is 48.5 Å². The summed E-state index contributed by atoms with van der Waals surface area (Å²) < 4.78 is 0. The Morgan fingerprint density at radius 1 is 0.821 bits per heavy atom. The number of benzene rings is 2. The highest BCUT2D eigenvalue weighted by molar-refractivity contribution is 5.83. The van der Waals surface area contributed by atoms with E-state index in [0.717, 1.165) is 23.7 Å². The summed E-state index contributed by atoms with van der Waals surface area (Å²) in [5.74, 6) is 4.32. The first kappa shape index (κ1) is 16.6. The first-order chi connectivity index (χ1) is 13.7. The second-order valence-electron chi connectivity index (χ2n) is 9.60. The highest BCUT2D eigenvalue weighted by Crippen LogP contribution is 2.55. The number of nitrogens with zero attached hydrogens (tertiary/aromatic N) is 2. The Hall–Kier alpha value is -2.29. The molecule has 0 amide bonds. The van der Waals surface area contributed by atoms with Crippen molar-refractivity contribution in [3.05, 3.63) is 59.7 Å². The molecule has 2 N–H and O–H groups in total. The van der Waals surface area contributed by atoms with Crippen LogP contribution in [0.5, 0.6) is 0 Å². The van der Waals surface area contributed by atoms with Gasteiger partial charge in [-0.05, 0) is 78.0 Å². The van der Waals surface area contributed by atoms with Gasteiger partial charge in [-0.25, -0.2) is 4.99 Å². The van der Waals surface area contributed by atoms with Crippen molar-refractivity contribution in [2.24, 2.45) is 34.4 Å². The zero-order valence-electron chi connectivity index (χ0n) is 16.6. The lowest BCUT2D eigenvalue weighted by Gasteiger charge is -2.56. The summed E-state index contributed by atoms with van der Waals surface area (Å²) in [6, 6.07) is 17.9. The van der Waals surface area contributed by atoms with Gasteiger partial charge in [-0.3, -0.25) is 0 Å². The van der Waals surface area contributed by atoms with Crippen LogP contribution in [0.1, 0.15) is 49.3 Å². The number of rotatable bonds is 2. The van der Waals surface area contributed by atoms with Crippen molar-refractivity contribution in [3.63, 3.8) is 0 Å². The van der Waals surface area contributed by atoms with Crippen LogP contribution in [0.2, 0.25) is 0 Å². The molecule has 0 radical (unpaired) electrons. The molecule has 0 atom stereocenters. The lowest BCUT2D eigenvalue weighted by atomic mass is 9.54. The van der Waals surface area contributed by atoms with Crippen LogP contribution in [0.4, 0.5) is 0 Å². The van der Waals surface area contributed by atoms with E-state index >= 15 is 0 Å². The second kappa shape index (κ2) is 6.10. The zero-order valence-corrected chi connectivity index (χ0v) is 16.6. The van der Waals surface area contributed by atoms with Crippen molar-refractivity contribution in [1.82, 2.24) is 4.90 Å². The van der Waals surface area contributed by atoms with E-state index in [1.54, 1.807) is 0 Å². The van der Waals surface area contributed by atoms with E-state index in [4.69, 9.17) is 10.7 Å². The van der Waals surface area contributed by atoms with Gasteiger partial charge in [0.25, 0.3) is 0 Å². The van der Waals surface area contributed by atoms with E-state index in [0.29, 0.717) is 12.0 Å². The lowest BCUT2D eigenvalue weighted by Crippen LogP contribution is -2.57. The molecule has 7 rings (SSSR count). The third-order valence-electron chi connectivity index (χ3n) is 8.05. The monoisotopic (exact) mass is 371 g/mol. The van der Waals surface area contributed by atoms with E-state index in [2.05, 4.69) is 60.5 Å². The van der Waals surface area contributed by atoms with Gasteiger partial charge in [0.2, 0.25) is 0 Å². The SMILES string of the molecule is CN(C(N)=NC1c2ccccc2-c2ccccc21)C1C2CC3CC(C2)CC1C3. The van der Waals surface area contributed by atoms with Gasteiger partial charge in [-0.15, -0.1) is 0 Å². The van der Waals surface area contributed by atoms with E-state index in [-0.39, 0.29) is 6.04 Å². The fourth-order valence-corrected chi connectivity index (χ4v) is 7.17. The molecule has 0 saturated heterocycles. The predicted octanol–water partition coefficient (Wildman–Crippen LogP) is 4.83. The first-order valence-corrected chi connectivity index (χ1v) is 10.9. The Labute approximate surface area is 167 Å². The van der Waals surface area contributed by atoms with E-state index in [1.807, 2.05) is 0 Å². The van der Waals surface area contributed by atoms with Crippen LogP contribution >= 0.6 is 0 Å². The molecule has 4 fully saturated rings. The second-order valence-corrected chi connectivity index (χ2v) is 9.60. The van der Waals surface area contributed by atoms with Gasteiger partial charge in [-0.2, -0.15) is 0 Å². The Kier molecular flexibility index (Phi) is 3.63. The van der Waals surface area contributed by atoms with Crippen molar-refractivity contribution in [3.8, 4) is 11.1 Å². The average Bonchev–Trinajstić information content (AvgIpc) is 3.01. The first-order valence-electron chi connectivity index (χ1n) is 10.9. The van der Waals surface area contributed by atoms with Gasteiger partial charge in [0.1, 0.15) is 6.04 Å². The minimum absolute atomic E-state index is 0.0201. The molecule has 0 aliphatic heterocycles. The zero-order chi connectivity index (χ0) is 18.8. The fraction of sp³-hybridized carbons (Fsp3) is 0.480. The molecule has 0 aromatic heterocycles. The molecule has 4 saturated carbocycles. The average molecular weight is 372 g/mol. The van der Waals surface area contributed by atoms with Crippen molar-refractivity contribution in [2.75, 3.05) is 7.05 Å². The summed E-state index contributed by atoms with van der Waals surface area (Å²) in [6.07, 6.45) is 7.12. The third kappa shape index (κ3) is 2.38. The standard InChI is InChI=1S/C25H29N3/c1-28(24-17-11-15-10-16(13-17)14-18(24)12-15)25(26)27-23-21-8-4-2-6-19(21)20-7-3-5-9-22(20)23/h2-9,15-18,23-24H,10-14H2,1H3,(H2,26,27). The summed E-state index contributed by atoms with van der Waals surface area (Å²) in [6.45, 7) is 0. The maximum atomic E-state index is 6.67. The molecule has 0 heterocycles. The van der Waals surface area contributed by atoms with Crippen molar-refractivity contribution in [1.29, 1.82) is 0 Å². The van der Waals surface area contributed by atoms with Crippen LogP contribution in [-0.2, 0) is 0 Å². The van der Waals surface area contributed by atoms with Gasteiger partial charge >= 0.3 is 0 Å². The molecule has 5 aliphatic carbocycles. The molecule has 4 bridgehead atoms. The van der Waals surface area contributed by atoms with Gasteiger partial charge in [0.15, 0.2) is 5.96 Å². The van der Waals surface area contributed by atoms with Gasteiger partial charge in [0.05, 0.1) is 0 Å². The van der Waals surface area contributed by atoms with Crippen LogP contribution in [0, 0.1) is 23.7 Å². The number of aliphatic imine (C=N–C) groups is 1. The van der Waals surface area contributed by atoms with Crippen LogP contribution in [0.3, 0.4) is 0 Å². The normalized spacial score (nSPS) is 33.0. The lowest BCUT2D eigenvalue weighted by molar-refractivity contribution is -0.0391. The highest BCUT2D eigenvalue weighted by Gasteiger charge is 2.50. The largest absolute Gasteiger partial charge is 0.370 e.